The van der Waals surface area contributed by atoms with E-state index in [1.54, 1.807) is 0 Å². The minimum atomic E-state index is -0.345. The maximum atomic E-state index is 2.40. The third kappa shape index (κ3) is 3.68. The van der Waals surface area contributed by atoms with Gasteiger partial charge in [-0.15, -0.1) is 0 Å². The van der Waals surface area contributed by atoms with Gasteiger partial charge in [0.2, 0.25) is 0 Å². The van der Waals surface area contributed by atoms with Crippen LogP contribution in [0.25, 0.3) is 11.4 Å². The molecule has 2 nitrogen and oxygen atoms in total. The van der Waals surface area contributed by atoms with Gasteiger partial charge in [0.25, 0.3) is 11.4 Å². The lowest BCUT2D eigenvalue weighted by molar-refractivity contribution is -0.696. The van der Waals surface area contributed by atoms with Crippen LogP contribution in [0.1, 0.15) is 48.7 Å². The summed E-state index contributed by atoms with van der Waals surface area (Å²) in [7, 11) is 4.33. The minimum absolute atomic E-state index is 0.0967. The first kappa shape index (κ1) is 22.9. The summed E-state index contributed by atoms with van der Waals surface area (Å²) in [4.78, 5) is 0. The Labute approximate surface area is 199 Å². The fourth-order valence-electron chi connectivity index (χ4n) is 5.61. The van der Waals surface area contributed by atoms with Crippen LogP contribution in [0, 0.1) is 19.3 Å². The number of hydrogen-bond donors (Lipinski definition) is 0. The van der Waals surface area contributed by atoms with Gasteiger partial charge in [-0.2, -0.15) is 9.13 Å². The molecule has 0 N–H and O–H groups in total. The Hall–Kier alpha value is -3.26. The lowest BCUT2D eigenvalue weighted by Crippen LogP contribution is -2.53. The molecular weight excluding hydrogens is 400 g/mol. The molecule has 2 aromatic heterocycles. The smallest absolute Gasteiger partial charge is 0.196 e. The number of hydrogen-bond acceptors (Lipinski definition) is 0. The van der Waals surface area contributed by atoms with Crippen LogP contribution in [0.4, 0.5) is 0 Å². The number of rotatable bonds is 4. The highest BCUT2D eigenvalue weighted by Crippen LogP contribution is 2.52. The standard InChI is InChI=1S/C31H36N2/c1-23-15-8-10-17-25(23)31(30(3,4)5,26-18-11-9-16-24(26)2)29-21-14-20-28(33(29)7)27-19-12-13-22-32(27)6/h8-22H,1-7H3/q+2. The van der Waals surface area contributed by atoms with Gasteiger partial charge in [0.15, 0.2) is 11.9 Å². The largest absolute Gasteiger partial charge is 0.277 e. The number of aromatic nitrogens is 2. The van der Waals surface area contributed by atoms with Gasteiger partial charge in [0.1, 0.15) is 19.5 Å². The van der Waals surface area contributed by atoms with E-state index in [0.29, 0.717) is 0 Å². The molecule has 0 bridgehead atoms. The van der Waals surface area contributed by atoms with E-state index in [-0.39, 0.29) is 10.8 Å². The van der Waals surface area contributed by atoms with Crippen molar-refractivity contribution in [3.8, 4) is 11.4 Å². The van der Waals surface area contributed by atoms with Gasteiger partial charge in [-0.1, -0.05) is 69.3 Å². The summed E-state index contributed by atoms with van der Waals surface area (Å²) in [5, 5.41) is 0. The van der Waals surface area contributed by atoms with Gasteiger partial charge in [-0.3, -0.25) is 0 Å². The monoisotopic (exact) mass is 436 g/mol. The van der Waals surface area contributed by atoms with Crippen molar-refractivity contribution >= 4 is 0 Å². The molecule has 0 amide bonds. The number of pyridine rings is 2. The fraction of sp³-hybridized carbons (Fsp3) is 0.290. The van der Waals surface area contributed by atoms with Crippen LogP contribution in [0.15, 0.2) is 91.1 Å². The summed E-state index contributed by atoms with van der Waals surface area (Å²) < 4.78 is 4.60. The van der Waals surface area contributed by atoms with Gasteiger partial charge < -0.3 is 0 Å². The Morgan fingerprint density at radius 2 is 1.09 bits per heavy atom. The van der Waals surface area contributed by atoms with Crippen LogP contribution in [0.3, 0.4) is 0 Å². The molecule has 4 aromatic rings. The molecule has 2 heterocycles. The molecule has 0 unspecified atom stereocenters. The second-order valence-electron chi connectivity index (χ2n) is 10.2. The maximum absolute atomic E-state index is 2.40. The SMILES string of the molecule is Cc1ccccc1C(c1ccccc1C)(c1cccc(-c2cccc[n+]2C)[n+]1C)C(C)(C)C. The van der Waals surface area contributed by atoms with Gasteiger partial charge in [0.05, 0.1) is 0 Å². The van der Waals surface area contributed by atoms with Gasteiger partial charge >= 0.3 is 0 Å². The van der Waals surface area contributed by atoms with Crippen LogP contribution >= 0.6 is 0 Å². The number of aryl methyl sites for hydroxylation is 3. The van der Waals surface area contributed by atoms with Crippen LogP contribution in [0.2, 0.25) is 0 Å². The average molecular weight is 437 g/mol. The Bertz CT molecular complexity index is 1250. The van der Waals surface area contributed by atoms with E-state index < -0.39 is 0 Å². The normalized spacial score (nSPS) is 12.1. The first-order chi connectivity index (χ1) is 15.7. The number of nitrogens with zero attached hydrogens (tertiary/aromatic N) is 2. The minimum Gasteiger partial charge on any atom is -0.196 e. The molecule has 0 spiro atoms. The van der Waals surface area contributed by atoms with E-state index in [9.17, 15) is 0 Å². The Morgan fingerprint density at radius 3 is 1.61 bits per heavy atom. The van der Waals surface area contributed by atoms with Crippen LogP contribution in [-0.4, -0.2) is 0 Å². The molecule has 0 aliphatic rings. The van der Waals surface area contributed by atoms with Gasteiger partial charge in [-0.25, -0.2) is 0 Å². The lowest BCUT2D eigenvalue weighted by Gasteiger charge is -2.45. The highest BCUT2D eigenvalue weighted by atomic mass is 15.0. The summed E-state index contributed by atoms with van der Waals surface area (Å²) in [6.45, 7) is 11.6. The molecule has 0 atom stereocenters. The molecule has 33 heavy (non-hydrogen) atoms. The Morgan fingerprint density at radius 1 is 0.576 bits per heavy atom. The van der Waals surface area contributed by atoms with Crippen molar-refractivity contribution in [1.29, 1.82) is 0 Å². The second-order valence-corrected chi connectivity index (χ2v) is 10.2. The van der Waals surface area contributed by atoms with Crippen molar-refractivity contribution < 1.29 is 9.13 Å². The zero-order valence-electron chi connectivity index (χ0n) is 21.1. The maximum Gasteiger partial charge on any atom is 0.277 e. The van der Waals surface area contributed by atoms with Gasteiger partial charge in [0, 0.05) is 24.3 Å². The summed E-state index contributed by atoms with van der Waals surface area (Å²) in [6, 6.07) is 30.9. The molecule has 4 rings (SSSR count). The first-order valence-electron chi connectivity index (χ1n) is 11.8. The quantitative estimate of drug-likeness (QED) is 0.347. The zero-order chi connectivity index (χ0) is 23.8. The molecule has 2 heteroatoms. The van der Waals surface area contributed by atoms with E-state index in [0.717, 1.165) is 0 Å². The van der Waals surface area contributed by atoms with Crippen molar-refractivity contribution in [2.75, 3.05) is 0 Å². The predicted molar refractivity (Wildman–Crippen MR) is 136 cm³/mol. The topological polar surface area (TPSA) is 7.76 Å². The highest BCUT2D eigenvalue weighted by Gasteiger charge is 2.53. The van der Waals surface area contributed by atoms with Crippen molar-refractivity contribution in [1.82, 2.24) is 0 Å². The van der Waals surface area contributed by atoms with Crippen molar-refractivity contribution in [2.45, 2.75) is 40.0 Å². The third-order valence-electron chi connectivity index (χ3n) is 7.16. The highest BCUT2D eigenvalue weighted by molar-refractivity contribution is 5.55. The molecule has 2 aromatic carbocycles. The van der Waals surface area contributed by atoms with Crippen molar-refractivity contribution in [3.63, 3.8) is 0 Å². The Balaban J connectivity index is 2.19. The molecule has 0 saturated heterocycles. The van der Waals surface area contributed by atoms with E-state index in [1.807, 2.05) is 0 Å². The summed E-state index contributed by atoms with van der Waals surface area (Å²) in [6.07, 6.45) is 2.11. The molecule has 0 aliphatic carbocycles. The zero-order valence-corrected chi connectivity index (χ0v) is 21.1. The van der Waals surface area contributed by atoms with E-state index in [2.05, 4.69) is 149 Å². The van der Waals surface area contributed by atoms with E-state index in [4.69, 9.17) is 0 Å². The molecule has 0 aliphatic heterocycles. The molecule has 168 valence electrons. The first-order valence-corrected chi connectivity index (χ1v) is 11.8. The van der Waals surface area contributed by atoms with Crippen LogP contribution in [0.5, 0.6) is 0 Å². The lowest BCUT2D eigenvalue weighted by atomic mass is 9.55. The second kappa shape index (κ2) is 8.59. The van der Waals surface area contributed by atoms with Gasteiger partial charge in [-0.05, 0) is 53.6 Å². The third-order valence-corrected chi connectivity index (χ3v) is 7.16. The predicted octanol–water partition coefficient (Wildman–Crippen LogP) is 6.00. The molecule has 0 saturated carbocycles. The average Bonchev–Trinajstić information content (AvgIpc) is 2.77. The number of benzene rings is 2. The van der Waals surface area contributed by atoms with Crippen LogP contribution < -0.4 is 9.13 Å². The summed E-state index contributed by atoms with van der Waals surface area (Å²) in [5.41, 5.74) is 8.58. The van der Waals surface area contributed by atoms with Crippen LogP contribution in [-0.2, 0) is 19.5 Å². The molecular formula is C31H36N2+2. The molecule has 0 radical (unpaired) electrons. The summed E-state index contributed by atoms with van der Waals surface area (Å²) in [5.74, 6) is 0. The van der Waals surface area contributed by atoms with Crippen molar-refractivity contribution in [3.05, 3.63) is 119 Å². The molecule has 0 fully saturated rings. The summed E-state index contributed by atoms with van der Waals surface area (Å²) >= 11 is 0. The Kier molecular flexibility index (Phi) is 5.97. The van der Waals surface area contributed by atoms with E-state index >= 15 is 0 Å². The fourth-order valence-corrected chi connectivity index (χ4v) is 5.61. The van der Waals surface area contributed by atoms with E-state index in [1.165, 1.54) is 39.3 Å². The van der Waals surface area contributed by atoms with Crippen molar-refractivity contribution in [2.24, 2.45) is 19.5 Å².